The van der Waals surface area contributed by atoms with Gasteiger partial charge >= 0.3 is 0 Å². The number of hydrogen-bond acceptors (Lipinski definition) is 4. The first-order valence-electron chi connectivity index (χ1n) is 10.4. The number of allylic oxidation sites excluding steroid dienone is 1. The molecular formula is C24H29Cl2N5. The molecule has 164 valence electrons. The molecule has 2 atom stereocenters. The Balaban J connectivity index is 2.00. The van der Waals surface area contributed by atoms with E-state index in [4.69, 9.17) is 23.2 Å². The van der Waals surface area contributed by atoms with Gasteiger partial charge in [0.2, 0.25) is 0 Å². The van der Waals surface area contributed by atoms with E-state index >= 15 is 0 Å². The summed E-state index contributed by atoms with van der Waals surface area (Å²) in [7, 11) is 0. The van der Waals surface area contributed by atoms with Crippen LogP contribution in [-0.2, 0) is 5.54 Å². The Kier molecular flexibility index (Phi) is 7.07. The monoisotopic (exact) mass is 457 g/mol. The molecular weight excluding hydrogens is 429 g/mol. The highest BCUT2D eigenvalue weighted by molar-refractivity contribution is 6.35. The van der Waals surface area contributed by atoms with Crippen molar-refractivity contribution in [3.8, 4) is 0 Å². The molecule has 0 radical (unpaired) electrons. The Morgan fingerprint density at radius 3 is 2.39 bits per heavy atom. The van der Waals surface area contributed by atoms with Crippen molar-refractivity contribution in [3.63, 3.8) is 0 Å². The highest BCUT2D eigenvalue weighted by atomic mass is 35.5. The van der Waals surface area contributed by atoms with E-state index in [0.29, 0.717) is 10.0 Å². The molecule has 3 aromatic rings. The van der Waals surface area contributed by atoms with Gasteiger partial charge < -0.3 is 5.32 Å². The quantitative estimate of drug-likeness (QED) is 0.413. The van der Waals surface area contributed by atoms with Gasteiger partial charge in [-0.15, -0.1) is 5.10 Å². The van der Waals surface area contributed by atoms with Crippen molar-refractivity contribution in [2.24, 2.45) is 5.41 Å². The van der Waals surface area contributed by atoms with Crippen molar-refractivity contribution >= 4 is 35.0 Å². The number of halogens is 2. The molecule has 1 aromatic heterocycles. The van der Waals surface area contributed by atoms with Crippen LogP contribution in [0, 0.1) is 5.41 Å². The lowest BCUT2D eigenvalue weighted by molar-refractivity contribution is 0.255. The molecule has 0 spiro atoms. The van der Waals surface area contributed by atoms with Crippen LogP contribution in [0.2, 0.25) is 10.0 Å². The number of rotatable bonds is 7. The molecule has 0 bridgehead atoms. The third-order valence-corrected chi connectivity index (χ3v) is 6.02. The first-order valence-corrected chi connectivity index (χ1v) is 11.1. The first-order chi connectivity index (χ1) is 14.6. The molecule has 5 nitrogen and oxygen atoms in total. The number of aromatic nitrogens is 4. The Hall–Kier alpha value is -2.37. The van der Waals surface area contributed by atoms with Gasteiger partial charge in [0.1, 0.15) is 0 Å². The van der Waals surface area contributed by atoms with Gasteiger partial charge in [-0.05, 0) is 59.0 Å². The molecule has 0 saturated heterocycles. The molecule has 2 unspecified atom stereocenters. The fourth-order valence-corrected chi connectivity index (χ4v) is 3.93. The van der Waals surface area contributed by atoms with Crippen LogP contribution in [0.25, 0.3) is 6.08 Å². The van der Waals surface area contributed by atoms with E-state index in [1.54, 1.807) is 6.07 Å². The van der Waals surface area contributed by atoms with Gasteiger partial charge in [0.25, 0.3) is 0 Å². The minimum atomic E-state index is -0.444. The van der Waals surface area contributed by atoms with Crippen molar-refractivity contribution in [2.45, 2.75) is 52.6 Å². The fourth-order valence-electron chi connectivity index (χ4n) is 3.46. The molecule has 31 heavy (non-hydrogen) atoms. The molecule has 3 rings (SSSR count). The van der Waals surface area contributed by atoms with Crippen LogP contribution in [0.3, 0.4) is 0 Å². The highest BCUT2D eigenvalue weighted by Crippen LogP contribution is 2.36. The van der Waals surface area contributed by atoms with Crippen LogP contribution in [0.4, 0.5) is 5.69 Å². The van der Waals surface area contributed by atoms with Crippen LogP contribution < -0.4 is 5.32 Å². The summed E-state index contributed by atoms with van der Waals surface area (Å²) in [4.78, 5) is 0. The summed E-state index contributed by atoms with van der Waals surface area (Å²) in [6, 6.07) is 15.5. The molecule has 0 aliphatic carbocycles. The summed E-state index contributed by atoms with van der Waals surface area (Å²) in [5, 5.41) is 17.7. The van der Waals surface area contributed by atoms with Crippen LogP contribution in [0.15, 0.2) is 54.6 Å². The molecule has 0 saturated carbocycles. The SMILES string of the molecule is CCC(C)(Nc1ccccc1)c1nnnn1C(/C=C/c1ccc(Cl)cc1Cl)C(C)(C)C. The van der Waals surface area contributed by atoms with Gasteiger partial charge in [-0.25, -0.2) is 4.68 Å². The van der Waals surface area contributed by atoms with E-state index in [1.807, 2.05) is 53.2 Å². The summed E-state index contributed by atoms with van der Waals surface area (Å²) in [6.07, 6.45) is 4.92. The lowest BCUT2D eigenvalue weighted by Crippen LogP contribution is -2.37. The Bertz CT molecular complexity index is 1040. The number of nitrogens with one attached hydrogen (secondary N) is 1. The zero-order valence-corrected chi connectivity index (χ0v) is 20.1. The predicted octanol–water partition coefficient (Wildman–Crippen LogP) is 7.02. The Morgan fingerprint density at radius 1 is 1.06 bits per heavy atom. The minimum absolute atomic E-state index is 0.0901. The minimum Gasteiger partial charge on any atom is -0.373 e. The molecule has 0 amide bonds. The summed E-state index contributed by atoms with van der Waals surface area (Å²) < 4.78 is 1.92. The average Bonchev–Trinajstić information content (AvgIpc) is 3.19. The fraction of sp³-hybridized carbons (Fsp3) is 0.375. The third-order valence-electron chi connectivity index (χ3n) is 5.46. The number of benzene rings is 2. The van der Waals surface area contributed by atoms with E-state index in [-0.39, 0.29) is 11.5 Å². The highest BCUT2D eigenvalue weighted by Gasteiger charge is 2.36. The van der Waals surface area contributed by atoms with Gasteiger partial charge in [0, 0.05) is 15.7 Å². The summed E-state index contributed by atoms with van der Waals surface area (Å²) in [5.41, 5.74) is 1.34. The smallest absolute Gasteiger partial charge is 0.177 e. The maximum atomic E-state index is 6.38. The molecule has 1 heterocycles. The van der Waals surface area contributed by atoms with E-state index in [9.17, 15) is 0 Å². The zero-order valence-electron chi connectivity index (χ0n) is 18.6. The standard InChI is InChI=1S/C24H29Cl2N5/c1-6-24(5,27-19-10-8-7-9-11-19)22-28-29-30-31(22)21(23(2,3)4)15-13-17-12-14-18(25)16-20(17)26/h7-16,21,27H,6H2,1-5H3/b15-13+. The Labute approximate surface area is 194 Å². The first kappa shape index (κ1) is 23.3. The van der Waals surface area contributed by atoms with Gasteiger partial charge in [-0.1, -0.05) is 87.3 Å². The largest absolute Gasteiger partial charge is 0.373 e. The summed E-state index contributed by atoms with van der Waals surface area (Å²) in [5.74, 6) is 0.783. The van der Waals surface area contributed by atoms with Gasteiger partial charge in [0.15, 0.2) is 5.82 Å². The number of nitrogens with zero attached hydrogens (tertiary/aromatic N) is 4. The maximum Gasteiger partial charge on any atom is 0.177 e. The second-order valence-electron chi connectivity index (χ2n) is 8.96. The number of para-hydroxylation sites is 1. The number of tetrazole rings is 1. The van der Waals surface area contributed by atoms with E-state index in [1.165, 1.54) is 0 Å². The van der Waals surface area contributed by atoms with Crippen molar-refractivity contribution in [3.05, 3.63) is 76.0 Å². The normalized spacial score (nSPS) is 15.1. The van der Waals surface area contributed by atoms with Crippen molar-refractivity contribution in [2.75, 3.05) is 5.32 Å². The van der Waals surface area contributed by atoms with Crippen LogP contribution >= 0.6 is 23.2 Å². The molecule has 2 aromatic carbocycles. The van der Waals surface area contributed by atoms with Crippen LogP contribution in [-0.4, -0.2) is 20.2 Å². The molecule has 0 aliphatic rings. The second kappa shape index (κ2) is 9.41. The van der Waals surface area contributed by atoms with E-state index < -0.39 is 5.54 Å². The van der Waals surface area contributed by atoms with Crippen molar-refractivity contribution < 1.29 is 0 Å². The second-order valence-corrected chi connectivity index (χ2v) is 9.80. The molecule has 7 heteroatoms. The maximum absolute atomic E-state index is 6.38. The van der Waals surface area contributed by atoms with Gasteiger partial charge in [0.05, 0.1) is 11.6 Å². The van der Waals surface area contributed by atoms with Crippen LogP contribution in [0.5, 0.6) is 0 Å². The lowest BCUT2D eigenvalue weighted by Gasteiger charge is -2.34. The molecule has 0 aliphatic heterocycles. The zero-order chi connectivity index (χ0) is 22.6. The van der Waals surface area contributed by atoms with Crippen molar-refractivity contribution in [1.82, 2.24) is 20.2 Å². The third kappa shape index (κ3) is 5.46. The summed E-state index contributed by atoms with van der Waals surface area (Å²) >= 11 is 12.4. The van der Waals surface area contributed by atoms with Crippen LogP contribution in [0.1, 0.15) is 58.5 Å². The molecule has 0 fully saturated rings. The predicted molar refractivity (Wildman–Crippen MR) is 130 cm³/mol. The molecule has 1 N–H and O–H groups in total. The number of hydrogen-bond donors (Lipinski definition) is 1. The topological polar surface area (TPSA) is 55.6 Å². The average molecular weight is 458 g/mol. The van der Waals surface area contributed by atoms with Crippen molar-refractivity contribution in [1.29, 1.82) is 0 Å². The van der Waals surface area contributed by atoms with Gasteiger partial charge in [-0.2, -0.15) is 0 Å². The summed E-state index contributed by atoms with van der Waals surface area (Å²) in [6.45, 7) is 10.8. The van der Waals surface area contributed by atoms with Gasteiger partial charge in [-0.3, -0.25) is 0 Å². The number of anilines is 1. The van der Waals surface area contributed by atoms with E-state index in [2.05, 4.69) is 61.5 Å². The lowest BCUT2D eigenvalue weighted by atomic mass is 9.85. The Morgan fingerprint density at radius 2 is 1.77 bits per heavy atom. The van der Waals surface area contributed by atoms with E-state index in [0.717, 1.165) is 23.5 Å².